The first kappa shape index (κ1) is 50.1. The number of fused-ring (bicyclic) bond motifs is 4. The van der Waals surface area contributed by atoms with Crippen LogP contribution in [0, 0.1) is 13.8 Å². The predicted octanol–water partition coefficient (Wildman–Crippen LogP) is 22.1. The molecule has 4 nitrogen and oxygen atoms in total. The summed E-state index contributed by atoms with van der Waals surface area (Å²) in [5.74, 6) is 0. The summed E-state index contributed by atoms with van der Waals surface area (Å²) >= 11 is 0. The van der Waals surface area contributed by atoms with E-state index in [0.717, 1.165) is 78.7 Å². The molecule has 2 heterocycles. The van der Waals surface area contributed by atoms with Crippen molar-refractivity contribution in [2.75, 3.05) is 9.80 Å². The van der Waals surface area contributed by atoms with Crippen molar-refractivity contribution in [3.05, 3.63) is 327 Å². The lowest BCUT2D eigenvalue weighted by atomic mass is 10.0. The quantitative estimate of drug-likeness (QED) is 0.121. The maximum Gasteiger partial charge on any atom is 0.0542 e. The fourth-order valence-electron chi connectivity index (χ4n) is 12.5. The van der Waals surface area contributed by atoms with Crippen molar-refractivity contribution in [1.29, 1.82) is 0 Å². The summed E-state index contributed by atoms with van der Waals surface area (Å²) in [6, 6.07) is 115. The standard InChI is InChI=1S/C80H58N4/c1-55-17-13-27-63(49-55)77-51-65-53-80-66(54-79(65)83(77)71-45-41-69(42-46-71)81(75-31-15-25-61-23-9-11-29-73(61)75)67-37-33-59(34-38-67)57-19-5-3-6-20-57)52-78(64-28-14-18-56(2)50-64)84(80)72-47-43-70(44-48-72)82(76-32-16-26-62-24-10-12-30-74(62)76)68-39-35-60(36-40-68)58-21-7-4-8-22-58/h3-54H,1-2H3. The molecule has 0 aliphatic carbocycles. The van der Waals surface area contributed by atoms with Gasteiger partial charge in [-0.2, -0.15) is 0 Å². The van der Waals surface area contributed by atoms with Gasteiger partial charge in [0.25, 0.3) is 0 Å². The van der Waals surface area contributed by atoms with Crippen molar-refractivity contribution < 1.29 is 0 Å². The SMILES string of the molecule is Cc1cccc(-c2cc3cc4c(cc(-c5cccc(C)c5)n4-c4ccc(N(c5ccc(-c6ccccc6)cc5)c5cccc6ccccc56)cc4)cc3n2-c2ccc(N(c3ccc(-c4ccccc4)cc3)c3cccc4ccccc34)cc2)c1. The van der Waals surface area contributed by atoms with E-state index in [1.807, 2.05) is 0 Å². The molecule has 0 N–H and O–H groups in total. The first-order chi connectivity index (χ1) is 41.5. The number of benzene rings is 13. The zero-order valence-corrected chi connectivity index (χ0v) is 46.8. The Labute approximate surface area is 490 Å². The topological polar surface area (TPSA) is 16.3 Å². The summed E-state index contributed by atoms with van der Waals surface area (Å²) in [6.45, 7) is 4.36. The van der Waals surface area contributed by atoms with Gasteiger partial charge in [0.05, 0.1) is 33.8 Å². The second-order valence-electron chi connectivity index (χ2n) is 22.0. The highest BCUT2D eigenvalue weighted by Gasteiger charge is 2.22. The van der Waals surface area contributed by atoms with E-state index in [4.69, 9.17) is 0 Å². The molecule has 4 heteroatoms. The summed E-state index contributed by atoms with van der Waals surface area (Å²) in [5, 5.41) is 7.11. The van der Waals surface area contributed by atoms with Gasteiger partial charge in [0, 0.05) is 55.7 Å². The average Bonchev–Trinajstić information content (AvgIpc) is 3.36. The Morgan fingerprint density at radius 3 is 0.952 bits per heavy atom. The van der Waals surface area contributed by atoms with Gasteiger partial charge < -0.3 is 18.9 Å². The summed E-state index contributed by atoms with van der Waals surface area (Å²) < 4.78 is 4.91. The molecule has 15 rings (SSSR count). The molecule has 0 aliphatic rings. The number of hydrogen-bond donors (Lipinski definition) is 0. The number of aromatic nitrogens is 2. The van der Waals surface area contributed by atoms with Crippen LogP contribution in [-0.2, 0) is 0 Å². The highest BCUT2D eigenvalue weighted by molar-refractivity contribution is 6.04. The van der Waals surface area contributed by atoms with E-state index in [1.54, 1.807) is 0 Å². The monoisotopic (exact) mass is 1070 g/mol. The van der Waals surface area contributed by atoms with E-state index in [9.17, 15) is 0 Å². The highest BCUT2D eigenvalue weighted by atomic mass is 15.2. The summed E-state index contributed by atoms with van der Waals surface area (Å²) in [4.78, 5) is 4.79. The number of nitrogens with zero attached hydrogens (tertiary/aromatic N) is 4. The largest absolute Gasteiger partial charge is 0.310 e. The number of aryl methyl sites for hydroxylation is 2. The van der Waals surface area contributed by atoms with Crippen molar-refractivity contribution >= 4 is 77.5 Å². The van der Waals surface area contributed by atoms with Crippen LogP contribution in [-0.4, -0.2) is 9.13 Å². The Morgan fingerprint density at radius 1 is 0.238 bits per heavy atom. The Balaban J connectivity index is 0.869. The molecule has 0 fully saturated rings. The lowest BCUT2D eigenvalue weighted by molar-refractivity contribution is 1.13. The highest BCUT2D eigenvalue weighted by Crippen LogP contribution is 2.44. The second-order valence-corrected chi connectivity index (χ2v) is 22.0. The van der Waals surface area contributed by atoms with Gasteiger partial charge in [0.15, 0.2) is 0 Å². The van der Waals surface area contributed by atoms with Crippen LogP contribution in [0.15, 0.2) is 315 Å². The van der Waals surface area contributed by atoms with E-state index in [-0.39, 0.29) is 0 Å². The van der Waals surface area contributed by atoms with Crippen molar-refractivity contribution in [2.45, 2.75) is 13.8 Å². The molecule has 398 valence electrons. The van der Waals surface area contributed by atoms with Gasteiger partial charge in [-0.15, -0.1) is 0 Å². The minimum Gasteiger partial charge on any atom is -0.310 e. The average molecular weight is 1080 g/mol. The van der Waals surface area contributed by atoms with Crippen LogP contribution in [0.25, 0.3) is 99.5 Å². The molecule has 84 heavy (non-hydrogen) atoms. The van der Waals surface area contributed by atoms with Crippen molar-refractivity contribution in [3.63, 3.8) is 0 Å². The fraction of sp³-hybridized carbons (Fsp3) is 0.0250. The number of anilines is 6. The molecule has 0 bridgehead atoms. The zero-order chi connectivity index (χ0) is 56.1. The third-order valence-electron chi connectivity index (χ3n) is 16.6. The fourth-order valence-corrected chi connectivity index (χ4v) is 12.5. The minimum atomic E-state index is 1.07. The molecule has 0 radical (unpaired) electrons. The summed E-state index contributed by atoms with van der Waals surface area (Å²) in [6.07, 6.45) is 0. The lowest BCUT2D eigenvalue weighted by Crippen LogP contribution is -2.10. The molecule has 0 saturated carbocycles. The summed E-state index contributed by atoms with van der Waals surface area (Å²) in [7, 11) is 0. The van der Waals surface area contributed by atoms with Crippen LogP contribution >= 0.6 is 0 Å². The molecule has 0 saturated heterocycles. The third-order valence-corrected chi connectivity index (χ3v) is 16.6. The second kappa shape index (κ2) is 21.2. The maximum absolute atomic E-state index is 2.46. The van der Waals surface area contributed by atoms with Gasteiger partial charge in [-0.05, 0) is 179 Å². The van der Waals surface area contributed by atoms with Crippen molar-refractivity contribution in [1.82, 2.24) is 9.13 Å². The Bertz CT molecular complexity index is 4560. The van der Waals surface area contributed by atoms with Crippen LogP contribution in [0.1, 0.15) is 11.1 Å². The molecular weight excluding hydrogens is 1020 g/mol. The van der Waals surface area contributed by atoms with E-state index >= 15 is 0 Å². The van der Waals surface area contributed by atoms with Crippen LogP contribution in [0.4, 0.5) is 34.1 Å². The van der Waals surface area contributed by atoms with Crippen molar-refractivity contribution in [2.24, 2.45) is 0 Å². The minimum absolute atomic E-state index is 1.07. The van der Waals surface area contributed by atoms with E-state index in [0.29, 0.717) is 0 Å². The van der Waals surface area contributed by atoms with Crippen LogP contribution < -0.4 is 9.80 Å². The van der Waals surface area contributed by atoms with Gasteiger partial charge in [0.1, 0.15) is 0 Å². The molecule has 15 aromatic rings. The first-order valence-electron chi connectivity index (χ1n) is 28.9. The molecular formula is C80H58N4. The number of rotatable bonds is 12. The van der Waals surface area contributed by atoms with Crippen LogP contribution in [0.2, 0.25) is 0 Å². The molecule has 0 unspecified atom stereocenters. The van der Waals surface area contributed by atoms with Gasteiger partial charge in [-0.3, -0.25) is 0 Å². The maximum atomic E-state index is 2.46. The van der Waals surface area contributed by atoms with Crippen LogP contribution in [0.3, 0.4) is 0 Å². The van der Waals surface area contributed by atoms with Crippen LogP contribution in [0.5, 0.6) is 0 Å². The van der Waals surface area contributed by atoms with Gasteiger partial charge in [-0.25, -0.2) is 0 Å². The summed E-state index contributed by atoms with van der Waals surface area (Å²) in [5.41, 5.74) is 22.8. The molecule has 2 aromatic heterocycles. The molecule has 0 amide bonds. The Kier molecular flexibility index (Phi) is 12.6. The Hall–Kier alpha value is -10.9. The Morgan fingerprint density at radius 2 is 0.560 bits per heavy atom. The van der Waals surface area contributed by atoms with Gasteiger partial charge in [-0.1, -0.05) is 205 Å². The third kappa shape index (κ3) is 9.17. The molecule has 0 aliphatic heterocycles. The van der Waals surface area contributed by atoms with E-state index in [1.165, 1.54) is 66.1 Å². The lowest BCUT2D eigenvalue weighted by Gasteiger charge is -2.27. The predicted molar refractivity (Wildman–Crippen MR) is 356 cm³/mol. The van der Waals surface area contributed by atoms with E-state index < -0.39 is 0 Å². The zero-order valence-electron chi connectivity index (χ0n) is 46.8. The van der Waals surface area contributed by atoms with Gasteiger partial charge in [0.2, 0.25) is 0 Å². The normalized spacial score (nSPS) is 11.5. The van der Waals surface area contributed by atoms with Gasteiger partial charge >= 0.3 is 0 Å². The van der Waals surface area contributed by atoms with Crippen molar-refractivity contribution in [3.8, 4) is 56.1 Å². The molecule has 0 atom stereocenters. The van der Waals surface area contributed by atoms with E-state index in [2.05, 4.69) is 348 Å². The smallest absolute Gasteiger partial charge is 0.0542 e. The molecule has 13 aromatic carbocycles. The first-order valence-corrected chi connectivity index (χ1v) is 28.9. The molecule has 0 spiro atoms. The number of hydrogen-bond acceptors (Lipinski definition) is 2.